The van der Waals surface area contributed by atoms with E-state index in [-0.39, 0.29) is 5.82 Å². The van der Waals surface area contributed by atoms with Crippen LogP contribution in [0.3, 0.4) is 0 Å². The van der Waals surface area contributed by atoms with Crippen LogP contribution in [0, 0.1) is 0 Å². The van der Waals surface area contributed by atoms with Crippen LogP contribution in [0.5, 0.6) is 5.75 Å². The van der Waals surface area contributed by atoms with Gasteiger partial charge < -0.3 is 15.2 Å². The number of rotatable bonds is 3. The van der Waals surface area contributed by atoms with Crippen molar-refractivity contribution in [3.8, 4) is 16.3 Å². The number of nitrogen functional groups attached to an aromatic ring is 1. The van der Waals surface area contributed by atoms with Crippen LogP contribution < -0.4 is 10.5 Å². The molecule has 2 aromatic rings. The van der Waals surface area contributed by atoms with Gasteiger partial charge >= 0.3 is 5.97 Å². The van der Waals surface area contributed by atoms with Crippen molar-refractivity contribution < 1.29 is 14.3 Å². The van der Waals surface area contributed by atoms with Crippen LogP contribution in [0.4, 0.5) is 5.82 Å². The Bertz CT molecular complexity index is 563. The molecule has 2 rings (SSSR count). The number of methoxy groups -OCH3 is 2. The van der Waals surface area contributed by atoms with Gasteiger partial charge in [-0.25, -0.2) is 9.78 Å². The number of carbonyl (C=O) groups is 1. The zero-order chi connectivity index (χ0) is 13.1. The van der Waals surface area contributed by atoms with E-state index in [1.54, 1.807) is 7.11 Å². The van der Waals surface area contributed by atoms with Crippen LogP contribution in [-0.4, -0.2) is 25.2 Å². The first-order valence-corrected chi connectivity index (χ1v) is 5.96. The van der Waals surface area contributed by atoms with Gasteiger partial charge in [-0.3, -0.25) is 0 Å². The van der Waals surface area contributed by atoms with Gasteiger partial charge in [0.1, 0.15) is 16.6 Å². The predicted molar refractivity (Wildman–Crippen MR) is 69.9 cm³/mol. The Morgan fingerprint density at radius 2 is 1.94 bits per heavy atom. The highest BCUT2D eigenvalue weighted by molar-refractivity contribution is 7.17. The Hall–Kier alpha value is -2.08. The number of aromatic nitrogens is 1. The molecule has 0 radical (unpaired) electrons. The minimum atomic E-state index is -0.468. The molecule has 2 N–H and O–H groups in total. The van der Waals surface area contributed by atoms with E-state index in [2.05, 4.69) is 9.72 Å². The van der Waals surface area contributed by atoms with Gasteiger partial charge in [-0.05, 0) is 24.3 Å². The molecular weight excluding hydrogens is 252 g/mol. The number of nitrogens with two attached hydrogens (primary N) is 1. The van der Waals surface area contributed by atoms with E-state index < -0.39 is 5.97 Å². The molecule has 0 fully saturated rings. The standard InChI is InChI=1S/C12H12N2O3S/c1-16-8-5-3-7(4-6-8)11-14-10(13)9(18-11)12(15)17-2/h3-6H,13H2,1-2H3. The number of esters is 1. The summed E-state index contributed by atoms with van der Waals surface area (Å²) in [5.74, 6) is 0.485. The van der Waals surface area contributed by atoms with Crippen LogP contribution in [-0.2, 0) is 4.74 Å². The maximum absolute atomic E-state index is 11.4. The number of carbonyl (C=O) groups excluding carboxylic acids is 1. The average molecular weight is 264 g/mol. The highest BCUT2D eigenvalue weighted by Crippen LogP contribution is 2.30. The molecule has 0 spiro atoms. The van der Waals surface area contributed by atoms with Crippen LogP contribution in [0.1, 0.15) is 9.67 Å². The van der Waals surface area contributed by atoms with Crippen molar-refractivity contribution in [3.63, 3.8) is 0 Å². The fraction of sp³-hybridized carbons (Fsp3) is 0.167. The zero-order valence-corrected chi connectivity index (χ0v) is 10.8. The summed E-state index contributed by atoms with van der Waals surface area (Å²) in [5.41, 5.74) is 6.56. The molecule has 0 aliphatic rings. The third-order valence-electron chi connectivity index (χ3n) is 2.36. The molecule has 1 heterocycles. The monoisotopic (exact) mass is 264 g/mol. The van der Waals surface area contributed by atoms with Gasteiger partial charge in [0.25, 0.3) is 0 Å². The van der Waals surface area contributed by atoms with Crippen molar-refractivity contribution >= 4 is 23.1 Å². The second kappa shape index (κ2) is 5.05. The van der Waals surface area contributed by atoms with Gasteiger partial charge in [0.05, 0.1) is 14.2 Å². The van der Waals surface area contributed by atoms with E-state index >= 15 is 0 Å². The quantitative estimate of drug-likeness (QED) is 0.860. The third-order valence-corrected chi connectivity index (χ3v) is 3.46. The van der Waals surface area contributed by atoms with E-state index in [9.17, 15) is 4.79 Å². The lowest BCUT2D eigenvalue weighted by atomic mass is 10.2. The first-order chi connectivity index (χ1) is 8.65. The lowest BCUT2D eigenvalue weighted by Gasteiger charge is -1.99. The lowest BCUT2D eigenvalue weighted by Crippen LogP contribution is -2.01. The highest BCUT2D eigenvalue weighted by Gasteiger charge is 2.17. The minimum absolute atomic E-state index is 0.192. The van der Waals surface area contributed by atoms with Gasteiger partial charge in [-0.15, -0.1) is 11.3 Å². The Balaban J connectivity index is 2.36. The van der Waals surface area contributed by atoms with Crippen molar-refractivity contribution in [2.75, 3.05) is 20.0 Å². The van der Waals surface area contributed by atoms with E-state index in [4.69, 9.17) is 10.5 Å². The molecule has 6 heteroatoms. The Labute approximate surface area is 108 Å². The number of ether oxygens (including phenoxy) is 2. The molecule has 0 atom stereocenters. The summed E-state index contributed by atoms with van der Waals surface area (Å²) < 4.78 is 9.71. The molecule has 0 saturated carbocycles. The van der Waals surface area contributed by atoms with Crippen molar-refractivity contribution in [1.29, 1.82) is 0 Å². The molecule has 18 heavy (non-hydrogen) atoms. The molecular formula is C12H12N2O3S. The van der Waals surface area contributed by atoms with Crippen molar-refractivity contribution in [3.05, 3.63) is 29.1 Å². The number of hydrogen-bond acceptors (Lipinski definition) is 6. The van der Waals surface area contributed by atoms with Gasteiger partial charge in [-0.2, -0.15) is 0 Å². The van der Waals surface area contributed by atoms with Gasteiger partial charge in [0.15, 0.2) is 4.88 Å². The Morgan fingerprint density at radius 1 is 1.28 bits per heavy atom. The minimum Gasteiger partial charge on any atom is -0.497 e. The molecule has 1 aromatic heterocycles. The van der Waals surface area contributed by atoms with Crippen molar-refractivity contribution in [2.45, 2.75) is 0 Å². The Morgan fingerprint density at radius 3 is 2.50 bits per heavy atom. The van der Waals surface area contributed by atoms with Crippen LogP contribution in [0.2, 0.25) is 0 Å². The third kappa shape index (κ3) is 2.28. The van der Waals surface area contributed by atoms with Crippen LogP contribution in [0.15, 0.2) is 24.3 Å². The number of benzene rings is 1. The summed E-state index contributed by atoms with van der Waals surface area (Å²) in [6, 6.07) is 7.37. The number of nitrogens with zero attached hydrogens (tertiary/aromatic N) is 1. The summed E-state index contributed by atoms with van der Waals surface area (Å²) in [4.78, 5) is 15.9. The zero-order valence-electron chi connectivity index (χ0n) is 9.97. The molecule has 5 nitrogen and oxygen atoms in total. The number of anilines is 1. The molecule has 94 valence electrons. The maximum Gasteiger partial charge on any atom is 0.351 e. The normalized spacial score (nSPS) is 10.1. The molecule has 0 amide bonds. The number of hydrogen-bond donors (Lipinski definition) is 1. The van der Waals surface area contributed by atoms with E-state index in [0.29, 0.717) is 9.88 Å². The fourth-order valence-corrected chi connectivity index (χ4v) is 2.34. The largest absolute Gasteiger partial charge is 0.497 e. The molecule has 0 bridgehead atoms. The van der Waals surface area contributed by atoms with E-state index in [1.165, 1.54) is 18.4 Å². The summed E-state index contributed by atoms with van der Waals surface area (Å²) in [5, 5.41) is 0.676. The molecule has 1 aromatic carbocycles. The molecule has 0 saturated heterocycles. The highest BCUT2D eigenvalue weighted by atomic mass is 32.1. The summed E-state index contributed by atoms with van der Waals surface area (Å²) in [6.45, 7) is 0. The Kier molecular flexibility index (Phi) is 3.47. The van der Waals surface area contributed by atoms with Gasteiger partial charge in [-0.1, -0.05) is 0 Å². The SMILES string of the molecule is COC(=O)c1sc(-c2ccc(OC)cc2)nc1N. The average Bonchev–Trinajstić information content (AvgIpc) is 2.80. The van der Waals surface area contributed by atoms with E-state index in [1.807, 2.05) is 24.3 Å². The molecule has 0 aliphatic carbocycles. The van der Waals surface area contributed by atoms with Crippen molar-refractivity contribution in [2.24, 2.45) is 0 Å². The van der Waals surface area contributed by atoms with Crippen LogP contribution in [0.25, 0.3) is 10.6 Å². The maximum atomic E-state index is 11.4. The second-order valence-corrected chi connectivity index (χ2v) is 4.45. The molecule has 0 aliphatic heterocycles. The summed E-state index contributed by atoms with van der Waals surface area (Å²) in [7, 11) is 2.92. The topological polar surface area (TPSA) is 74.4 Å². The predicted octanol–water partition coefficient (Wildman–Crippen LogP) is 2.19. The van der Waals surface area contributed by atoms with Crippen LogP contribution >= 0.6 is 11.3 Å². The second-order valence-electron chi connectivity index (χ2n) is 3.45. The number of thiazole rings is 1. The van der Waals surface area contributed by atoms with E-state index in [0.717, 1.165) is 11.3 Å². The van der Waals surface area contributed by atoms with Gasteiger partial charge in [0.2, 0.25) is 0 Å². The molecule has 0 unspecified atom stereocenters. The first-order valence-electron chi connectivity index (χ1n) is 5.14. The van der Waals surface area contributed by atoms with Gasteiger partial charge in [0, 0.05) is 5.56 Å². The summed E-state index contributed by atoms with van der Waals surface area (Å²) >= 11 is 1.21. The first kappa shape index (κ1) is 12.4. The van der Waals surface area contributed by atoms with Crippen molar-refractivity contribution in [1.82, 2.24) is 4.98 Å². The fourth-order valence-electron chi connectivity index (χ4n) is 1.43. The lowest BCUT2D eigenvalue weighted by molar-refractivity contribution is 0.0607. The smallest absolute Gasteiger partial charge is 0.351 e. The summed E-state index contributed by atoms with van der Waals surface area (Å²) in [6.07, 6.45) is 0.